The molecular weight excluding hydrogens is 610 g/mol. The van der Waals surface area contributed by atoms with Crippen LogP contribution in [0.3, 0.4) is 0 Å². The third-order valence-electron chi connectivity index (χ3n) is 4.79. The Kier molecular flexibility index (Phi) is 13.9. The Bertz CT molecular complexity index is 1520. The van der Waals surface area contributed by atoms with Crippen LogP contribution in [0, 0.1) is 20.2 Å². The van der Waals surface area contributed by atoms with Crippen LogP contribution < -0.4 is 35.7 Å². The Morgan fingerprint density at radius 2 is 1.37 bits per heavy atom. The predicted molar refractivity (Wildman–Crippen MR) is 163 cm³/mol. The van der Waals surface area contributed by atoms with Crippen molar-refractivity contribution in [1.82, 2.24) is 4.98 Å². The number of hydrogen-bond acceptors (Lipinski definition) is 13. The molecule has 3 aromatic rings. The van der Waals surface area contributed by atoms with Gasteiger partial charge in [0.05, 0.1) is 47.7 Å². The molecule has 0 unspecified atom stereocenters. The van der Waals surface area contributed by atoms with Gasteiger partial charge in [-0.25, -0.2) is 15.4 Å². The molecule has 2 aromatic heterocycles. The summed E-state index contributed by atoms with van der Waals surface area (Å²) >= 11 is 0. The highest BCUT2D eigenvalue weighted by molar-refractivity contribution is 5.87. The smallest absolute Gasteiger partial charge is 0.412 e. The van der Waals surface area contributed by atoms with Crippen molar-refractivity contribution in [2.45, 2.75) is 52.7 Å². The van der Waals surface area contributed by atoms with Gasteiger partial charge < -0.3 is 24.1 Å². The molecule has 4 N–H and O–H groups in total. The third kappa shape index (κ3) is 14.0. The van der Waals surface area contributed by atoms with Gasteiger partial charge in [-0.1, -0.05) is 10.7 Å². The highest BCUT2D eigenvalue weighted by atomic mass is 16.6. The lowest BCUT2D eigenvalue weighted by Gasteiger charge is -2.20. The lowest BCUT2D eigenvalue weighted by atomic mass is 10.2. The summed E-state index contributed by atoms with van der Waals surface area (Å²) in [5.74, 6) is 5.64. The number of anilines is 2. The largest absolute Gasteiger partial charge is 0.868 e. The molecule has 0 bridgehead atoms. The van der Waals surface area contributed by atoms with Gasteiger partial charge in [0.1, 0.15) is 11.2 Å². The van der Waals surface area contributed by atoms with E-state index in [0.29, 0.717) is 28.9 Å². The van der Waals surface area contributed by atoms with Gasteiger partial charge in [-0.15, -0.1) is 0 Å². The average Bonchev–Trinajstić information content (AvgIpc) is 2.93. The van der Waals surface area contributed by atoms with Crippen molar-refractivity contribution in [2.24, 2.45) is 0 Å². The summed E-state index contributed by atoms with van der Waals surface area (Å²) in [6.07, 6.45) is 5.17. The van der Waals surface area contributed by atoms with E-state index in [4.69, 9.17) is 24.8 Å². The molecule has 0 fully saturated rings. The number of nitrogens with two attached hydrogens (primary N) is 1. The van der Waals surface area contributed by atoms with Crippen molar-refractivity contribution in [2.75, 3.05) is 30.7 Å². The fourth-order valence-corrected chi connectivity index (χ4v) is 2.99. The van der Waals surface area contributed by atoms with Crippen LogP contribution in [0.2, 0.25) is 0 Å². The molecule has 0 aliphatic heterocycles. The van der Waals surface area contributed by atoms with Gasteiger partial charge in [-0.3, -0.25) is 35.8 Å². The standard InChI is InChI=1S/C11H17N3O3.C11H16N2O3.C6H4N2O5/c1-11(2,3)17-10(15)13-8-5-6-14(12)7-9(8)16-4;1-11(2,3)16-10(14)13-8-5-6-12-7-9(8)15-4;9-6-2-1-4(7(10)11)3-5(6)8(12)13/h5-7H,12H2,1-4H3;5-7H,1-4H3,(H,12,13,14);1-3,9H. The Balaban J connectivity index is 0.000000348. The first-order chi connectivity index (χ1) is 21.3. The van der Waals surface area contributed by atoms with E-state index in [9.17, 15) is 34.9 Å². The number of nitrogen functional groups attached to an aromatic ring is 1. The van der Waals surface area contributed by atoms with Crippen molar-refractivity contribution in [1.29, 1.82) is 0 Å². The summed E-state index contributed by atoms with van der Waals surface area (Å²) in [5.41, 5.74) is -1.28. The second kappa shape index (κ2) is 16.8. The summed E-state index contributed by atoms with van der Waals surface area (Å²) in [4.78, 5) is 45.5. The van der Waals surface area contributed by atoms with E-state index >= 15 is 0 Å². The molecule has 0 aliphatic rings. The van der Waals surface area contributed by atoms with E-state index in [2.05, 4.69) is 15.6 Å². The van der Waals surface area contributed by atoms with E-state index in [1.165, 1.54) is 25.1 Å². The minimum absolute atomic E-state index is 0.459. The SMILES string of the molecule is COc1c[n+](N)ccc1NC(=O)OC(C)(C)C.COc1cnccc1NC(=O)OC(C)(C)C.O=[N+]([O-])c1ccc([O-])c([N+](=O)[O-])c1. The number of amides is 2. The van der Waals surface area contributed by atoms with E-state index in [1.807, 2.05) is 0 Å². The number of aromatic nitrogens is 2. The quantitative estimate of drug-likeness (QED) is 0.148. The number of ether oxygens (including phenoxy) is 4. The normalized spacial score (nSPS) is 10.4. The van der Waals surface area contributed by atoms with Crippen LogP contribution in [-0.4, -0.2) is 52.4 Å². The number of nitrogens with one attached hydrogen (secondary N) is 2. The number of nitro groups is 2. The Morgan fingerprint density at radius 3 is 1.83 bits per heavy atom. The maximum Gasteiger partial charge on any atom is 0.412 e. The Hall–Kier alpha value is -5.94. The molecule has 18 nitrogen and oxygen atoms in total. The molecule has 250 valence electrons. The summed E-state index contributed by atoms with van der Waals surface area (Å²) in [6, 6.07) is 5.64. The summed E-state index contributed by atoms with van der Waals surface area (Å²) in [5, 5.41) is 36.3. The van der Waals surface area contributed by atoms with Crippen LogP contribution in [0.1, 0.15) is 41.5 Å². The first-order valence-corrected chi connectivity index (χ1v) is 13.2. The van der Waals surface area contributed by atoms with Crippen molar-refractivity contribution in [3.8, 4) is 17.2 Å². The zero-order valence-corrected chi connectivity index (χ0v) is 26.6. The van der Waals surface area contributed by atoms with E-state index in [-0.39, 0.29) is 0 Å². The number of benzene rings is 1. The first-order valence-electron chi connectivity index (χ1n) is 13.2. The second-order valence-electron chi connectivity index (χ2n) is 10.9. The molecule has 46 heavy (non-hydrogen) atoms. The number of hydrogen-bond donors (Lipinski definition) is 3. The molecule has 3 rings (SSSR count). The van der Waals surface area contributed by atoms with Crippen LogP contribution in [0.4, 0.5) is 32.3 Å². The van der Waals surface area contributed by atoms with Crippen LogP contribution in [-0.2, 0) is 9.47 Å². The summed E-state index contributed by atoms with van der Waals surface area (Å²) in [7, 11) is 3.01. The maximum absolute atomic E-state index is 11.6. The molecular formula is C28H37N7O11. The number of methoxy groups -OCH3 is 2. The van der Waals surface area contributed by atoms with E-state index in [0.717, 1.165) is 12.1 Å². The van der Waals surface area contributed by atoms with Gasteiger partial charge in [0.25, 0.3) is 11.4 Å². The first kappa shape index (κ1) is 38.1. The maximum atomic E-state index is 11.6. The molecule has 0 saturated carbocycles. The number of carbonyl (C=O) groups is 2. The highest BCUT2D eigenvalue weighted by Gasteiger charge is 2.19. The Labute approximate surface area is 264 Å². The highest BCUT2D eigenvalue weighted by Crippen LogP contribution is 2.27. The fraction of sp³-hybridized carbons (Fsp3) is 0.357. The van der Waals surface area contributed by atoms with Crippen LogP contribution >= 0.6 is 0 Å². The minimum Gasteiger partial charge on any atom is -0.868 e. The van der Waals surface area contributed by atoms with Gasteiger partial charge in [0.15, 0.2) is 5.75 Å². The second-order valence-corrected chi connectivity index (χ2v) is 10.9. The number of nitrogens with zero attached hydrogens (tertiary/aromatic N) is 4. The van der Waals surface area contributed by atoms with Crippen LogP contribution in [0.5, 0.6) is 17.2 Å². The Morgan fingerprint density at radius 1 is 0.848 bits per heavy atom. The van der Waals surface area contributed by atoms with Crippen molar-refractivity contribution >= 4 is 34.9 Å². The molecule has 0 atom stereocenters. The van der Waals surface area contributed by atoms with Crippen molar-refractivity contribution in [3.05, 3.63) is 75.3 Å². The zero-order valence-electron chi connectivity index (χ0n) is 26.6. The fourth-order valence-electron chi connectivity index (χ4n) is 2.99. The molecule has 1 aromatic carbocycles. The van der Waals surface area contributed by atoms with Gasteiger partial charge in [-0.05, 0) is 53.4 Å². The molecule has 0 radical (unpaired) electrons. The van der Waals surface area contributed by atoms with Crippen molar-refractivity contribution in [3.63, 3.8) is 0 Å². The average molecular weight is 648 g/mol. The molecule has 2 amide bonds. The topological polar surface area (TPSA) is 247 Å². The minimum atomic E-state index is -0.949. The number of non-ortho nitro benzene ring substituents is 1. The molecule has 2 heterocycles. The number of rotatable bonds is 6. The summed E-state index contributed by atoms with van der Waals surface area (Å²) < 4.78 is 21.7. The van der Waals surface area contributed by atoms with Gasteiger partial charge >= 0.3 is 12.2 Å². The lowest BCUT2D eigenvalue weighted by molar-refractivity contribution is -0.639. The molecule has 0 spiro atoms. The number of carbonyl (C=O) groups excluding carboxylic acids is 2. The third-order valence-corrected chi connectivity index (χ3v) is 4.79. The van der Waals surface area contributed by atoms with Crippen LogP contribution in [0.25, 0.3) is 0 Å². The predicted octanol–water partition coefficient (Wildman–Crippen LogP) is 4.06. The number of nitro benzene ring substituents is 2. The molecule has 18 heteroatoms. The van der Waals surface area contributed by atoms with Gasteiger partial charge in [0, 0.05) is 18.3 Å². The zero-order chi connectivity index (χ0) is 35.2. The van der Waals surface area contributed by atoms with Gasteiger partial charge in [0.2, 0.25) is 18.1 Å². The van der Waals surface area contributed by atoms with Gasteiger partial charge in [-0.2, -0.15) is 0 Å². The molecule has 0 aliphatic carbocycles. The van der Waals surface area contributed by atoms with E-state index in [1.54, 1.807) is 72.3 Å². The van der Waals surface area contributed by atoms with E-state index < -0.39 is 50.4 Å². The van der Waals surface area contributed by atoms with Crippen LogP contribution in [0.15, 0.2) is 55.1 Å². The molecule has 0 saturated heterocycles. The van der Waals surface area contributed by atoms with Crippen molar-refractivity contribution < 1.29 is 48.2 Å². The monoisotopic (exact) mass is 647 g/mol. The lowest BCUT2D eigenvalue weighted by Crippen LogP contribution is -2.43. The number of pyridine rings is 2. The summed E-state index contributed by atoms with van der Waals surface area (Å²) in [6.45, 7) is 10.8.